The van der Waals surface area contributed by atoms with Crippen molar-refractivity contribution in [2.45, 2.75) is 19.4 Å². The normalized spacial score (nSPS) is 12.1. The number of aliphatic hydroxyl groups excluding tert-OH is 1. The average Bonchev–Trinajstić information content (AvgIpc) is 2.17. The van der Waals surface area contributed by atoms with Crippen LogP contribution in [0.25, 0.3) is 0 Å². The molecule has 1 rings (SSSR count). The van der Waals surface area contributed by atoms with E-state index in [1.807, 2.05) is 0 Å². The Bertz CT molecular complexity index is 339. The van der Waals surface area contributed by atoms with Crippen LogP contribution in [0.1, 0.15) is 23.7 Å². The molecule has 0 fully saturated rings. The zero-order valence-electron chi connectivity index (χ0n) is 8.60. The zero-order chi connectivity index (χ0) is 11.3. The van der Waals surface area contributed by atoms with E-state index in [0.717, 1.165) is 0 Å². The summed E-state index contributed by atoms with van der Waals surface area (Å²) in [5, 5.41) is 12.0. The number of nitrogens with two attached hydrogens (primary N) is 1. The molecule has 0 aromatic carbocycles. The van der Waals surface area contributed by atoms with E-state index in [2.05, 4.69) is 10.3 Å². The highest BCUT2D eigenvalue weighted by atomic mass is 16.3. The molecule has 0 aliphatic heterocycles. The number of anilines is 1. The standard InChI is InChI=1S/C10H15N3O2/c1-7(14)4-6-13-10-8(9(11)15)3-2-5-12-10/h2-3,5,7,14H,4,6H2,1H3,(H2,11,15)(H,12,13). The summed E-state index contributed by atoms with van der Waals surface area (Å²) in [5.74, 6) is -0.0479. The van der Waals surface area contributed by atoms with Gasteiger partial charge in [-0.05, 0) is 25.5 Å². The predicted octanol–water partition coefficient (Wildman–Crippen LogP) is 0.363. The van der Waals surface area contributed by atoms with Gasteiger partial charge in [0.2, 0.25) is 0 Å². The molecule has 5 heteroatoms. The Morgan fingerprint density at radius 2 is 2.47 bits per heavy atom. The molecule has 0 saturated heterocycles. The third-order valence-corrected chi connectivity index (χ3v) is 1.93. The van der Waals surface area contributed by atoms with Crippen LogP contribution in [0.15, 0.2) is 18.3 Å². The van der Waals surface area contributed by atoms with Crippen LogP contribution in [0.4, 0.5) is 5.82 Å². The second-order valence-corrected chi connectivity index (χ2v) is 3.33. The molecule has 1 aromatic rings. The fourth-order valence-electron chi connectivity index (χ4n) is 1.14. The van der Waals surface area contributed by atoms with Crippen LogP contribution in [0.5, 0.6) is 0 Å². The van der Waals surface area contributed by atoms with E-state index in [-0.39, 0.29) is 6.10 Å². The molecule has 15 heavy (non-hydrogen) atoms. The lowest BCUT2D eigenvalue weighted by molar-refractivity contribution is 0.100. The van der Waals surface area contributed by atoms with Gasteiger partial charge in [0.25, 0.3) is 5.91 Å². The number of nitrogens with zero attached hydrogens (tertiary/aromatic N) is 1. The summed E-state index contributed by atoms with van der Waals surface area (Å²) in [7, 11) is 0. The molecule has 0 spiro atoms. The summed E-state index contributed by atoms with van der Waals surface area (Å²) in [6.45, 7) is 2.25. The van der Waals surface area contributed by atoms with E-state index < -0.39 is 5.91 Å². The Morgan fingerprint density at radius 1 is 1.73 bits per heavy atom. The molecular weight excluding hydrogens is 194 g/mol. The topological polar surface area (TPSA) is 88.2 Å². The molecule has 1 heterocycles. The van der Waals surface area contributed by atoms with E-state index in [0.29, 0.717) is 24.3 Å². The van der Waals surface area contributed by atoms with Crippen molar-refractivity contribution in [1.82, 2.24) is 4.98 Å². The van der Waals surface area contributed by atoms with Crippen LogP contribution in [-0.2, 0) is 0 Å². The maximum absolute atomic E-state index is 11.0. The largest absolute Gasteiger partial charge is 0.393 e. The van der Waals surface area contributed by atoms with Gasteiger partial charge in [0.15, 0.2) is 0 Å². The molecule has 0 bridgehead atoms. The van der Waals surface area contributed by atoms with Crippen molar-refractivity contribution in [3.8, 4) is 0 Å². The number of aliphatic hydroxyl groups is 1. The van der Waals surface area contributed by atoms with Crippen LogP contribution in [0.3, 0.4) is 0 Å². The predicted molar refractivity (Wildman–Crippen MR) is 57.5 cm³/mol. The van der Waals surface area contributed by atoms with Gasteiger partial charge in [-0.1, -0.05) is 0 Å². The Morgan fingerprint density at radius 3 is 3.07 bits per heavy atom. The Labute approximate surface area is 88.3 Å². The van der Waals surface area contributed by atoms with Gasteiger partial charge in [-0.15, -0.1) is 0 Å². The molecule has 1 atom stereocenters. The number of carbonyl (C=O) groups is 1. The summed E-state index contributed by atoms with van der Waals surface area (Å²) >= 11 is 0. The number of amides is 1. The first kappa shape index (κ1) is 11.5. The monoisotopic (exact) mass is 209 g/mol. The maximum atomic E-state index is 11.0. The van der Waals surface area contributed by atoms with Gasteiger partial charge in [-0.25, -0.2) is 4.98 Å². The minimum atomic E-state index is -0.511. The number of pyridine rings is 1. The number of hydrogen-bond donors (Lipinski definition) is 3. The molecule has 82 valence electrons. The fourth-order valence-corrected chi connectivity index (χ4v) is 1.14. The van der Waals surface area contributed by atoms with Gasteiger partial charge in [0.1, 0.15) is 5.82 Å². The Balaban J connectivity index is 2.63. The summed E-state index contributed by atoms with van der Waals surface area (Å²) in [6.07, 6.45) is 1.80. The lowest BCUT2D eigenvalue weighted by atomic mass is 10.2. The first-order chi connectivity index (χ1) is 7.11. The van der Waals surface area contributed by atoms with Gasteiger partial charge in [0.05, 0.1) is 11.7 Å². The van der Waals surface area contributed by atoms with Crippen LogP contribution in [-0.4, -0.2) is 28.6 Å². The number of nitrogens with one attached hydrogen (secondary N) is 1. The van der Waals surface area contributed by atoms with E-state index in [4.69, 9.17) is 10.8 Å². The Kier molecular flexibility index (Phi) is 4.05. The zero-order valence-corrected chi connectivity index (χ0v) is 8.60. The second kappa shape index (κ2) is 5.31. The molecule has 5 nitrogen and oxygen atoms in total. The van der Waals surface area contributed by atoms with Gasteiger partial charge in [-0.3, -0.25) is 4.79 Å². The summed E-state index contributed by atoms with van der Waals surface area (Å²) in [4.78, 5) is 15.0. The van der Waals surface area contributed by atoms with Gasteiger partial charge < -0.3 is 16.2 Å². The number of aromatic nitrogens is 1. The molecule has 0 radical (unpaired) electrons. The number of rotatable bonds is 5. The van der Waals surface area contributed by atoms with Crippen molar-refractivity contribution in [2.24, 2.45) is 5.73 Å². The molecule has 1 amide bonds. The lowest BCUT2D eigenvalue weighted by Crippen LogP contribution is -2.17. The first-order valence-electron chi connectivity index (χ1n) is 4.78. The van der Waals surface area contributed by atoms with Gasteiger partial charge >= 0.3 is 0 Å². The van der Waals surface area contributed by atoms with Crippen molar-refractivity contribution >= 4 is 11.7 Å². The Hall–Kier alpha value is -1.62. The van der Waals surface area contributed by atoms with E-state index in [1.54, 1.807) is 25.3 Å². The van der Waals surface area contributed by atoms with E-state index >= 15 is 0 Å². The molecule has 0 aliphatic rings. The fraction of sp³-hybridized carbons (Fsp3) is 0.400. The van der Waals surface area contributed by atoms with Crippen LogP contribution in [0.2, 0.25) is 0 Å². The maximum Gasteiger partial charge on any atom is 0.252 e. The minimum Gasteiger partial charge on any atom is -0.393 e. The third-order valence-electron chi connectivity index (χ3n) is 1.93. The van der Waals surface area contributed by atoms with Crippen molar-refractivity contribution in [1.29, 1.82) is 0 Å². The highest BCUT2D eigenvalue weighted by molar-refractivity contribution is 5.97. The second-order valence-electron chi connectivity index (χ2n) is 3.33. The molecular formula is C10H15N3O2. The quantitative estimate of drug-likeness (QED) is 0.653. The minimum absolute atomic E-state index is 0.364. The smallest absolute Gasteiger partial charge is 0.252 e. The highest BCUT2D eigenvalue weighted by Crippen LogP contribution is 2.10. The van der Waals surface area contributed by atoms with Crippen LogP contribution in [0, 0.1) is 0 Å². The molecule has 1 aromatic heterocycles. The van der Waals surface area contributed by atoms with E-state index in [1.165, 1.54) is 0 Å². The molecule has 1 unspecified atom stereocenters. The molecule has 0 saturated carbocycles. The highest BCUT2D eigenvalue weighted by Gasteiger charge is 2.07. The van der Waals surface area contributed by atoms with E-state index in [9.17, 15) is 4.79 Å². The first-order valence-corrected chi connectivity index (χ1v) is 4.78. The molecule has 4 N–H and O–H groups in total. The van der Waals surface area contributed by atoms with Gasteiger partial charge in [-0.2, -0.15) is 0 Å². The lowest BCUT2D eigenvalue weighted by Gasteiger charge is -2.09. The van der Waals surface area contributed by atoms with Crippen molar-refractivity contribution < 1.29 is 9.90 Å². The SMILES string of the molecule is CC(O)CCNc1ncccc1C(N)=O. The third kappa shape index (κ3) is 3.55. The number of hydrogen-bond acceptors (Lipinski definition) is 4. The van der Waals surface area contributed by atoms with Crippen LogP contribution < -0.4 is 11.1 Å². The van der Waals surface area contributed by atoms with Crippen LogP contribution >= 0.6 is 0 Å². The summed E-state index contributed by atoms with van der Waals surface area (Å²) in [5.41, 5.74) is 5.54. The number of carbonyl (C=O) groups excluding carboxylic acids is 1. The summed E-state index contributed by atoms with van der Waals surface area (Å²) in [6, 6.07) is 3.26. The average molecular weight is 209 g/mol. The van der Waals surface area contributed by atoms with Crippen molar-refractivity contribution in [3.05, 3.63) is 23.9 Å². The van der Waals surface area contributed by atoms with Crippen molar-refractivity contribution in [2.75, 3.05) is 11.9 Å². The number of primary amides is 1. The molecule has 0 aliphatic carbocycles. The summed E-state index contributed by atoms with van der Waals surface area (Å²) < 4.78 is 0. The van der Waals surface area contributed by atoms with Crippen molar-refractivity contribution in [3.63, 3.8) is 0 Å². The van der Waals surface area contributed by atoms with Gasteiger partial charge in [0, 0.05) is 12.7 Å².